The SMILES string of the molecule is CCCOc1ccc(C(N)=N[C@@H]2CN[C@H](C(=O)N(C)C)C2)cc1. The molecule has 0 saturated carbocycles. The lowest BCUT2D eigenvalue weighted by Gasteiger charge is -2.15. The van der Waals surface area contributed by atoms with Crippen LogP contribution in [0.15, 0.2) is 29.3 Å². The zero-order valence-electron chi connectivity index (χ0n) is 14.1. The van der Waals surface area contributed by atoms with Gasteiger partial charge in [-0.25, -0.2) is 0 Å². The van der Waals surface area contributed by atoms with Crippen molar-refractivity contribution >= 4 is 11.7 Å². The topological polar surface area (TPSA) is 80.0 Å². The molecule has 1 aliphatic rings. The number of aliphatic imine (C=N–C) groups is 1. The highest BCUT2D eigenvalue weighted by Gasteiger charge is 2.30. The molecule has 3 N–H and O–H groups in total. The minimum absolute atomic E-state index is 0.0277. The standard InChI is InChI=1S/C17H26N4O2/c1-4-9-23-14-7-5-12(6-8-14)16(18)20-13-10-15(19-11-13)17(22)21(2)3/h5-8,13,15,19H,4,9-11H2,1-3H3,(H2,18,20)/t13-,15-/m0/s1. The first-order valence-corrected chi connectivity index (χ1v) is 8.02. The summed E-state index contributed by atoms with van der Waals surface area (Å²) in [7, 11) is 3.52. The van der Waals surface area contributed by atoms with Crippen LogP contribution in [0.1, 0.15) is 25.3 Å². The van der Waals surface area contributed by atoms with Gasteiger partial charge < -0.3 is 20.7 Å². The fourth-order valence-electron chi connectivity index (χ4n) is 2.53. The number of ether oxygens (including phenoxy) is 1. The Morgan fingerprint density at radius 1 is 1.39 bits per heavy atom. The highest BCUT2D eigenvalue weighted by atomic mass is 16.5. The number of nitrogens with two attached hydrogens (primary N) is 1. The van der Waals surface area contributed by atoms with E-state index in [0.29, 0.717) is 25.4 Å². The van der Waals surface area contributed by atoms with Crippen molar-refractivity contribution in [3.05, 3.63) is 29.8 Å². The zero-order chi connectivity index (χ0) is 16.8. The summed E-state index contributed by atoms with van der Waals surface area (Å²) in [6.07, 6.45) is 1.66. The number of amides is 1. The maximum absolute atomic E-state index is 11.9. The lowest BCUT2D eigenvalue weighted by atomic mass is 10.1. The zero-order valence-corrected chi connectivity index (χ0v) is 14.1. The molecule has 0 spiro atoms. The van der Waals surface area contributed by atoms with Crippen molar-refractivity contribution in [2.24, 2.45) is 10.7 Å². The van der Waals surface area contributed by atoms with Crippen molar-refractivity contribution < 1.29 is 9.53 Å². The third kappa shape index (κ3) is 4.69. The average molecular weight is 318 g/mol. The van der Waals surface area contributed by atoms with E-state index in [2.05, 4.69) is 17.2 Å². The van der Waals surface area contributed by atoms with Gasteiger partial charge in [0.2, 0.25) is 5.91 Å². The molecule has 0 aliphatic carbocycles. The summed E-state index contributed by atoms with van der Waals surface area (Å²) in [6.45, 7) is 3.45. The Morgan fingerprint density at radius 3 is 2.70 bits per heavy atom. The predicted molar refractivity (Wildman–Crippen MR) is 91.8 cm³/mol. The third-order valence-electron chi connectivity index (χ3n) is 3.79. The molecule has 1 saturated heterocycles. The number of benzene rings is 1. The second kappa shape index (κ2) is 7.97. The monoisotopic (exact) mass is 318 g/mol. The molecule has 1 aromatic carbocycles. The summed E-state index contributed by atoms with van der Waals surface area (Å²) in [4.78, 5) is 18.1. The Balaban J connectivity index is 1.96. The first-order valence-electron chi connectivity index (χ1n) is 8.02. The van der Waals surface area contributed by atoms with E-state index in [1.54, 1.807) is 19.0 Å². The number of likely N-dealkylation sites (N-methyl/N-ethyl adjacent to an activating group) is 1. The highest BCUT2D eigenvalue weighted by Crippen LogP contribution is 2.15. The van der Waals surface area contributed by atoms with E-state index in [1.807, 2.05) is 24.3 Å². The van der Waals surface area contributed by atoms with Crippen LogP contribution in [0.3, 0.4) is 0 Å². The van der Waals surface area contributed by atoms with Gasteiger partial charge in [-0.1, -0.05) is 6.92 Å². The van der Waals surface area contributed by atoms with Gasteiger partial charge in [0.05, 0.1) is 18.7 Å². The van der Waals surface area contributed by atoms with Crippen LogP contribution in [0.2, 0.25) is 0 Å². The lowest BCUT2D eigenvalue weighted by Crippen LogP contribution is -2.39. The largest absolute Gasteiger partial charge is 0.494 e. The lowest BCUT2D eigenvalue weighted by molar-refractivity contribution is -0.130. The minimum Gasteiger partial charge on any atom is -0.494 e. The quantitative estimate of drug-likeness (QED) is 0.606. The Bertz CT molecular complexity index is 554. The molecule has 23 heavy (non-hydrogen) atoms. The van der Waals surface area contributed by atoms with Crippen molar-refractivity contribution in [1.29, 1.82) is 0 Å². The molecule has 2 atom stereocenters. The van der Waals surface area contributed by atoms with E-state index in [4.69, 9.17) is 10.5 Å². The maximum Gasteiger partial charge on any atom is 0.239 e. The summed E-state index contributed by atoms with van der Waals surface area (Å²) < 4.78 is 5.55. The molecule has 0 aromatic heterocycles. The fourth-order valence-corrected chi connectivity index (χ4v) is 2.53. The van der Waals surface area contributed by atoms with Gasteiger partial charge >= 0.3 is 0 Å². The van der Waals surface area contributed by atoms with Gasteiger partial charge in [0.25, 0.3) is 0 Å². The molecule has 1 amide bonds. The maximum atomic E-state index is 11.9. The van der Waals surface area contributed by atoms with Crippen LogP contribution in [0.5, 0.6) is 5.75 Å². The molecule has 6 nitrogen and oxygen atoms in total. The molecule has 0 radical (unpaired) electrons. The number of carbonyl (C=O) groups is 1. The van der Waals surface area contributed by atoms with E-state index < -0.39 is 0 Å². The molecule has 6 heteroatoms. The Kier molecular flexibility index (Phi) is 5.98. The van der Waals surface area contributed by atoms with Gasteiger partial charge in [0, 0.05) is 26.2 Å². The van der Waals surface area contributed by atoms with E-state index in [1.165, 1.54) is 0 Å². The molecule has 1 fully saturated rings. The summed E-state index contributed by atoms with van der Waals surface area (Å²) >= 11 is 0. The Hall–Kier alpha value is -2.08. The number of nitrogens with zero attached hydrogens (tertiary/aromatic N) is 2. The number of amidine groups is 1. The number of nitrogens with one attached hydrogen (secondary N) is 1. The van der Waals surface area contributed by atoms with E-state index in [9.17, 15) is 4.79 Å². The van der Waals surface area contributed by atoms with Gasteiger partial charge in [-0.2, -0.15) is 0 Å². The highest BCUT2D eigenvalue weighted by molar-refractivity contribution is 5.97. The van der Waals surface area contributed by atoms with Gasteiger partial charge in [-0.15, -0.1) is 0 Å². The van der Waals surface area contributed by atoms with Crippen LogP contribution in [0.25, 0.3) is 0 Å². The number of carbonyl (C=O) groups excluding carboxylic acids is 1. The number of hydrogen-bond acceptors (Lipinski definition) is 4. The van der Waals surface area contributed by atoms with Gasteiger partial charge in [0.15, 0.2) is 0 Å². The number of hydrogen-bond donors (Lipinski definition) is 2. The average Bonchev–Trinajstić information content (AvgIpc) is 3.00. The van der Waals surface area contributed by atoms with Crippen LogP contribution >= 0.6 is 0 Å². The smallest absolute Gasteiger partial charge is 0.239 e. The third-order valence-corrected chi connectivity index (χ3v) is 3.79. The molecular formula is C17H26N4O2. The van der Waals surface area contributed by atoms with Crippen molar-refractivity contribution in [1.82, 2.24) is 10.2 Å². The van der Waals surface area contributed by atoms with Crippen LogP contribution in [0.4, 0.5) is 0 Å². The molecule has 1 aliphatic heterocycles. The summed E-state index contributed by atoms with van der Waals surface area (Å²) in [5.41, 5.74) is 6.96. The molecule has 0 bridgehead atoms. The van der Waals surface area contributed by atoms with Crippen molar-refractivity contribution in [2.75, 3.05) is 27.2 Å². The first kappa shape index (κ1) is 17.3. The van der Waals surface area contributed by atoms with Crippen molar-refractivity contribution in [2.45, 2.75) is 31.8 Å². The van der Waals surface area contributed by atoms with E-state index in [0.717, 1.165) is 17.7 Å². The summed E-state index contributed by atoms with van der Waals surface area (Å²) in [6, 6.07) is 7.48. The predicted octanol–water partition coefficient (Wildman–Crippen LogP) is 0.999. The Morgan fingerprint density at radius 2 is 2.09 bits per heavy atom. The van der Waals surface area contributed by atoms with Crippen LogP contribution in [-0.2, 0) is 4.79 Å². The van der Waals surface area contributed by atoms with Crippen LogP contribution < -0.4 is 15.8 Å². The van der Waals surface area contributed by atoms with Gasteiger partial charge in [0.1, 0.15) is 11.6 Å². The summed E-state index contributed by atoms with van der Waals surface area (Å²) in [5.74, 6) is 1.41. The van der Waals surface area contributed by atoms with E-state index in [-0.39, 0.29) is 18.0 Å². The molecule has 1 heterocycles. The minimum atomic E-state index is -0.170. The van der Waals surface area contributed by atoms with Crippen LogP contribution in [-0.4, -0.2) is 56.0 Å². The fraction of sp³-hybridized carbons (Fsp3) is 0.529. The van der Waals surface area contributed by atoms with Gasteiger partial charge in [-0.3, -0.25) is 9.79 Å². The van der Waals surface area contributed by atoms with Crippen molar-refractivity contribution in [3.8, 4) is 5.75 Å². The molecular weight excluding hydrogens is 292 g/mol. The second-order valence-electron chi connectivity index (χ2n) is 5.97. The Labute approximate surface area is 137 Å². The first-order chi connectivity index (χ1) is 11.0. The van der Waals surface area contributed by atoms with E-state index >= 15 is 0 Å². The number of rotatable bonds is 6. The molecule has 0 unspecified atom stereocenters. The molecule has 126 valence electrons. The second-order valence-corrected chi connectivity index (χ2v) is 5.97. The van der Waals surface area contributed by atoms with Gasteiger partial charge in [-0.05, 0) is 37.1 Å². The molecule has 2 rings (SSSR count). The molecule has 1 aromatic rings. The summed E-state index contributed by atoms with van der Waals surface area (Å²) in [5, 5.41) is 3.20. The van der Waals surface area contributed by atoms with Crippen LogP contribution in [0, 0.1) is 0 Å². The van der Waals surface area contributed by atoms with Crippen molar-refractivity contribution in [3.63, 3.8) is 0 Å². The normalized spacial score (nSPS) is 21.3.